The van der Waals surface area contributed by atoms with E-state index in [0.29, 0.717) is 30.9 Å². The molecule has 0 bridgehead atoms. The Morgan fingerprint density at radius 1 is 1.13 bits per heavy atom. The van der Waals surface area contributed by atoms with Gasteiger partial charge in [0.2, 0.25) is 0 Å². The summed E-state index contributed by atoms with van der Waals surface area (Å²) in [6.45, 7) is 6.25. The van der Waals surface area contributed by atoms with E-state index in [9.17, 15) is 9.59 Å². The van der Waals surface area contributed by atoms with Crippen LogP contribution < -0.4 is 21.3 Å². The lowest BCUT2D eigenvalue weighted by molar-refractivity contribution is 0.0954. The number of ether oxygens (including phenoxy) is 1. The van der Waals surface area contributed by atoms with Crippen molar-refractivity contribution >= 4 is 17.6 Å². The van der Waals surface area contributed by atoms with Gasteiger partial charge < -0.3 is 26.0 Å². The van der Waals surface area contributed by atoms with Crippen molar-refractivity contribution in [2.24, 2.45) is 0 Å². The number of anilines is 1. The first-order chi connectivity index (χ1) is 11.0. The van der Waals surface area contributed by atoms with Crippen LogP contribution in [0.2, 0.25) is 0 Å². The van der Waals surface area contributed by atoms with Gasteiger partial charge in [0, 0.05) is 32.8 Å². The molecule has 7 heteroatoms. The minimum absolute atomic E-state index is 0.0224. The van der Waals surface area contributed by atoms with Crippen LogP contribution in [0.15, 0.2) is 24.3 Å². The lowest BCUT2D eigenvalue weighted by Gasteiger charge is -2.13. The Balaban J connectivity index is 2.51. The minimum atomic E-state index is -0.332. The summed E-state index contributed by atoms with van der Waals surface area (Å²) in [6.07, 6.45) is 0. The highest BCUT2D eigenvalue weighted by Crippen LogP contribution is 2.14. The first-order valence-corrected chi connectivity index (χ1v) is 7.69. The molecule has 0 saturated heterocycles. The van der Waals surface area contributed by atoms with Gasteiger partial charge >= 0.3 is 6.03 Å². The molecular formula is C16H26N4O3. The van der Waals surface area contributed by atoms with Crippen molar-refractivity contribution in [3.63, 3.8) is 0 Å². The van der Waals surface area contributed by atoms with E-state index in [1.807, 2.05) is 13.8 Å². The molecule has 3 amide bonds. The third kappa shape index (κ3) is 7.62. The number of methoxy groups -OCH3 is 1. The molecule has 0 unspecified atom stereocenters. The molecule has 1 aromatic rings. The van der Waals surface area contributed by atoms with Crippen LogP contribution in [0.5, 0.6) is 0 Å². The number of benzene rings is 1. The normalized spacial score (nSPS) is 10.4. The maximum absolute atomic E-state index is 12.2. The zero-order valence-corrected chi connectivity index (χ0v) is 13.9. The summed E-state index contributed by atoms with van der Waals surface area (Å²) in [7, 11) is 1.64. The molecule has 0 spiro atoms. The standard InChI is InChI=1S/C16H26N4O3/c1-12(2)19-16(22)20-14-7-5-4-6-13(14)15(21)18-9-8-17-10-11-23-3/h4-7,12,17H,8-11H2,1-3H3,(H,18,21)(H2,19,20,22). The summed E-state index contributed by atoms with van der Waals surface area (Å²) in [5.41, 5.74) is 0.916. The second-order valence-electron chi connectivity index (χ2n) is 5.30. The summed E-state index contributed by atoms with van der Waals surface area (Å²) in [4.78, 5) is 24.0. The van der Waals surface area contributed by atoms with Crippen molar-refractivity contribution in [2.45, 2.75) is 19.9 Å². The zero-order valence-electron chi connectivity index (χ0n) is 13.9. The summed E-state index contributed by atoms with van der Waals surface area (Å²) in [5, 5.41) is 11.4. The molecule has 0 aliphatic heterocycles. The van der Waals surface area contributed by atoms with Gasteiger partial charge in [0.25, 0.3) is 5.91 Å². The molecule has 0 fully saturated rings. The van der Waals surface area contributed by atoms with Gasteiger partial charge in [-0.1, -0.05) is 12.1 Å². The van der Waals surface area contributed by atoms with Crippen LogP contribution in [0.4, 0.5) is 10.5 Å². The van der Waals surface area contributed by atoms with Crippen molar-refractivity contribution in [3.8, 4) is 0 Å². The maximum Gasteiger partial charge on any atom is 0.319 e. The molecule has 4 N–H and O–H groups in total. The van der Waals surface area contributed by atoms with Crippen LogP contribution in [0, 0.1) is 0 Å². The Morgan fingerprint density at radius 2 is 1.87 bits per heavy atom. The second-order valence-corrected chi connectivity index (χ2v) is 5.30. The number of para-hydroxylation sites is 1. The number of rotatable bonds is 9. The van der Waals surface area contributed by atoms with Gasteiger partial charge in [-0.25, -0.2) is 4.79 Å². The molecule has 23 heavy (non-hydrogen) atoms. The van der Waals surface area contributed by atoms with Crippen molar-refractivity contribution < 1.29 is 14.3 Å². The van der Waals surface area contributed by atoms with Gasteiger partial charge in [-0.15, -0.1) is 0 Å². The van der Waals surface area contributed by atoms with E-state index in [1.165, 1.54) is 0 Å². The Hall–Kier alpha value is -2.12. The predicted molar refractivity (Wildman–Crippen MR) is 90.8 cm³/mol. The van der Waals surface area contributed by atoms with Gasteiger partial charge in [0.1, 0.15) is 0 Å². The van der Waals surface area contributed by atoms with Gasteiger partial charge in [0.05, 0.1) is 17.9 Å². The molecule has 0 radical (unpaired) electrons. The lowest BCUT2D eigenvalue weighted by atomic mass is 10.1. The number of hydrogen-bond acceptors (Lipinski definition) is 4. The molecule has 0 saturated carbocycles. The van der Waals surface area contributed by atoms with E-state index in [0.717, 1.165) is 6.54 Å². The number of carbonyl (C=O) groups excluding carboxylic acids is 2. The summed E-state index contributed by atoms with van der Waals surface area (Å²) in [6, 6.07) is 6.60. The smallest absolute Gasteiger partial charge is 0.319 e. The third-order valence-corrected chi connectivity index (χ3v) is 2.91. The highest BCUT2D eigenvalue weighted by Gasteiger charge is 2.12. The fourth-order valence-electron chi connectivity index (χ4n) is 1.87. The van der Waals surface area contributed by atoms with E-state index < -0.39 is 0 Å². The number of urea groups is 1. The van der Waals surface area contributed by atoms with E-state index >= 15 is 0 Å². The quantitative estimate of drug-likeness (QED) is 0.514. The van der Waals surface area contributed by atoms with Gasteiger partial charge in [-0.3, -0.25) is 4.79 Å². The van der Waals surface area contributed by atoms with Crippen molar-refractivity contribution in [2.75, 3.05) is 38.7 Å². The molecule has 1 rings (SSSR count). The zero-order chi connectivity index (χ0) is 17.1. The average molecular weight is 322 g/mol. The van der Waals surface area contributed by atoms with Crippen LogP contribution in [0.3, 0.4) is 0 Å². The largest absolute Gasteiger partial charge is 0.383 e. The van der Waals surface area contributed by atoms with Crippen LogP contribution in [0.25, 0.3) is 0 Å². The summed E-state index contributed by atoms with van der Waals surface area (Å²) in [5.74, 6) is -0.223. The van der Waals surface area contributed by atoms with Crippen LogP contribution in [-0.4, -0.2) is 51.3 Å². The van der Waals surface area contributed by atoms with Crippen LogP contribution in [0.1, 0.15) is 24.2 Å². The second kappa shape index (κ2) is 10.6. The fourth-order valence-corrected chi connectivity index (χ4v) is 1.87. The average Bonchev–Trinajstić information content (AvgIpc) is 2.50. The van der Waals surface area contributed by atoms with Crippen molar-refractivity contribution in [1.29, 1.82) is 0 Å². The Kier molecular flexibility index (Phi) is 8.71. The maximum atomic E-state index is 12.2. The molecule has 0 aliphatic rings. The van der Waals surface area contributed by atoms with Gasteiger partial charge in [-0.2, -0.15) is 0 Å². The van der Waals surface area contributed by atoms with E-state index in [-0.39, 0.29) is 18.0 Å². The van der Waals surface area contributed by atoms with Crippen LogP contribution in [-0.2, 0) is 4.74 Å². The Morgan fingerprint density at radius 3 is 2.57 bits per heavy atom. The molecule has 0 heterocycles. The number of amides is 3. The molecule has 128 valence electrons. The minimum Gasteiger partial charge on any atom is -0.383 e. The van der Waals surface area contributed by atoms with E-state index in [4.69, 9.17) is 4.74 Å². The molecular weight excluding hydrogens is 296 g/mol. The summed E-state index contributed by atoms with van der Waals surface area (Å²) >= 11 is 0. The first kappa shape index (κ1) is 18.9. The molecule has 1 aromatic carbocycles. The number of nitrogens with one attached hydrogen (secondary N) is 4. The SMILES string of the molecule is COCCNCCNC(=O)c1ccccc1NC(=O)NC(C)C. The van der Waals surface area contributed by atoms with Gasteiger partial charge in [0.15, 0.2) is 0 Å². The van der Waals surface area contributed by atoms with Crippen LogP contribution >= 0.6 is 0 Å². The topological polar surface area (TPSA) is 91.5 Å². The Labute approximate surface area is 137 Å². The van der Waals surface area contributed by atoms with Crippen molar-refractivity contribution in [3.05, 3.63) is 29.8 Å². The number of carbonyl (C=O) groups is 2. The highest BCUT2D eigenvalue weighted by molar-refractivity contribution is 6.03. The lowest BCUT2D eigenvalue weighted by Crippen LogP contribution is -2.36. The Bertz CT molecular complexity index is 506. The fraction of sp³-hybridized carbons (Fsp3) is 0.500. The molecule has 7 nitrogen and oxygen atoms in total. The molecule has 0 aromatic heterocycles. The predicted octanol–water partition coefficient (Wildman–Crippen LogP) is 1.18. The van der Waals surface area contributed by atoms with Gasteiger partial charge in [-0.05, 0) is 26.0 Å². The molecule has 0 aliphatic carbocycles. The van der Waals surface area contributed by atoms with Crippen molar-refractivity contribution in [1.82, 2.24) is 16.0 Å². The third-order valence-electron chi connectivity index (χ3n) is 2.91. The van der Waals surface area contributed by atoms with E-state index in [1.54, 1.807) is 31.4 Å². The van der Waals surface area contributed by atoms with E-state index in [2.05, 4.69) is 21.3 Å². The monoisotopic (exact) mass is 322 g/mol. The highest BCUT2D eigenvalue weighted by atomic mass is 16.5. The first-order valence-electron chi connectivity index (χ1n) is 7.69. The number of hydrogen-bond donors (Lipinski definition) is 4. The summed E-state index contributed by atoms with van der Waals surface area (Å²) < 4.78 is 4.92. The molecule has 0 atom stereocenters.